The van der Waals surface area contributed by atoms with Gasteiger partial charge < -0.3 is 15.5 Å². The summed E-state index contributed by atoms with van der Waals surface area (Å²) in [6.45, 7) is 1.67. The van der Waals surface area contributed by atoms with E-state index in [-0.39, 0.29) is 5.02 Å². The first kappa shape index (κ1) is 20.7. The molecule has 28 heavy (non-hydrogen) atoms. The average Bonchev–Trinajstić information content (AvgIpc) is 3.44. The number of alkyl halides is 3. The van der Waals surface area contributed by atoms with Crippen molar-refractivity contribution in [3.63, 3.8) is 0 Å². The number of halogens is 4. The molecule has 2 N–H and O–H groups in total. The molecule has 0 unspecified atom stereocenters. The molecule has 1 aromatic carbocycles. The van der Waals surface area contributed by atoms with Gasteiger partial charge in [0.05, 0.1) is 22.0 Å². The van der Waals surface area contributed by atoms with E-state index >= 15 is 0 Å². The summed E-state index contributed by atoms with van der Waals surface area (Å²) in [4.78, 5) is 11.1. The van der Waals surface area contributed by atoms with Crippen LogP contribution in [0.25, 0.3) is 0 Å². The quantitative estimate of drug-likeness (QED) is 0.587. The maximum absolute atomic E-state index is 12.8. The second-order valence-electron chi connectivity index (χ2n) is 7.18. The number of hydrogen-bond donors (Lipinski definition) is 2. The standard InChI is InChI=1S/C19H23ClF3N5/c1-28(2)9-3-8-24-18-26-16(12-4-5-12)11-17(27-18)25-15-7-6-13(10-14(15)20)19(21,22)23/h6-7,10-12H,3-5,8-9H2,1-2H3,(H2,24,25,26,27). The first-order valence-corrected chi connectivity index (χ1v) is 9.51. The van der Waals surface area contributed by atoms with E-state index in [1.165, 1.54) is 6.07 Å². The molecule has 2 aromatic rings. The minimum absolute atomic E-state index is 0.0121. The number of nitrogens with zero attached hydrogens (tertiary/aromatic N) is 3. The van der Waals surface area contributed by atoms with Crippen molar-refractivity contribution in [1.29, 1.82) is 0 Å². The molecule has 1 fully saturated rings. The molecule has 1 saturated carbocycles. The Morgan fingerprint density at radius 1 is 1.18 bits per heavy atom. The SMILES string of the molecule is CN(C)CCCNc1nc(Nc2ccc(C(F)(F)F)cc2Cl)cc(C2CC2)n1. The number of hydrogen-bond acceptors (Lipinski definition) is 5. The van der Waals surface area contributed by atoms with Crippen LogP contribution < -0.4 is 10.6 Å². The van der Waals surface area contributed by atoms with Gasteiger partial charge in [-0.2, -0.15) is 18.2 Å². The van der Waals surface area contributed by atoms with Crippen molar-refractivity contribution in [2.45, 2.75) is 31.4 Å². The number of anilines is 3. The zero-order chi connectivity index (χ0) is 20.3. The second kappa shape index (κ2) is 8.53. The van der Waals surface area contributed by atoms with Crippen molar-refractivity contribution >= 4 is 29.1 Å². The molecule has 0 radical (unpaired) electrons. The second-order valence-corrected chi connectivity index (χ2v) is 7.58. The van der Waals surface area contributed by atoms with Crippen molar-refractivity contribution < 1.29 is 13.2 Å². The predicted molar refractivity (Wildman–Crippen MR) is 105 cm³/mol. The largest absolute Gasteiger partial charge is 0.416 e. The molecule has 3 rings (SSSR count). The zero-order valence-electron chi connectivity index (χ0n) is 15.8. The van der Waals surface area contributed by atoms with Gasteiger partial charge in [-0.25, -0.2) is 4.98 Å². The maximum atomic E-state index is 12.8. The van der Waals surface area contributed by atoms with Crippen LogP contribution in [-0.2, 0) is 6.18 Å². The third kappa shape index (κ3) is 5.72. The van der Waals surface area contributed by atoms with E-state index in [9.17, 15) is 13.2 Å². The smallest absolute Gasteiger partial charge is 0.354 e. The highest BCUT2D eigenvalue weighted by Gasteiger charge is 2.31. The molecule has 152 valence electrons. The maximum Gasteiger partial charge on any atom is 0.416 e. The topological polar surface area (TPSA) is 53.1 Å². The van der Waals surface area contributed by atoms with Crippen LogP contribution in [0.5, 0.6) is 0 Å². The summed E-state index contributed by atoms with van der Waals surface area (Å²) >= 11 is 6.05. The van der Waals surface area contributed by atoms with E-state index in [2.05, 4.69) is 25.5 Å². The molecule has 1 aromatic heterocycles. The van der Waals surface area contributed by atoms with Gasteiger partial charge in [-0.1, -0.05) is 11.6 Å². The van der Waals surface area contributed by atoms with Crippen LogP contribution in [0.2, 0.25) is 5.02 Å². The van der Waals surface area contributed by atoms with Crippen LogP contribution in [0.4, 0.5) is 30.6 Å². The van der Waals surface area contributed by atoms with Gasteiger partial charge in [-0.05, 0) is 58.1 Å². The fraction of sp³-hybridized carbons (Fsp3) is 0.474. The third-order valence-corrected chi connectivity index (χ3v) is 4.68. The molecule has 9 heteroatoms. The molecular weight excluding hydrogens is 391 g/mol. The molecule has 0 aliphatic heterocycles. The molecule has 1 heterocycles. The highest BCUT2D eigenvalue weighted by atomic mass is 35.5. The Balaban J connectivity index is 1.75. The first-order valence-electron chi connectivity index (χ1n) is 9.14. The minimum atomic E-state index is -4.43. The Labute approximate surface area is 167 Å². The molecule has 1 aliphatic carbocycles. The molecule has 0 saturated heterocycles. The average molecular weight is 414 g/mol. The molecule has 0 spiro atoms. The monoisotopic (exact) mass is 413 g/mol. The molecular formula is C19H23ClF3N5. The lowest BCUT2D eigenvalue weighted by molar-refractivity contribution is -0.137. The summed E-state index contributed by atoms with van der Waals surface area (Å²) in [6, 6.07) is 5.05. The molecule has 5 nitrogen and oxygen atoms in total. The predicted octanol–water partition coefficient (Wildman–Crippen LogP) is 5.13. The van der Waals surface area contributed by atoms with Gasteiger partial charge >= 0.3 is 6.18 Å². The van der Waals surface area contributed by atoms with E-state index in [0.29, 0.717) is 23.4 Å². The minimum Gasteiger partial charge on any atom is -0.354 e. The fourth-order valence-electron chi connectivity index (χ4n) is 2.72. The van der Waals surface area contributed by atoms with Crippen molar-refractivity contribution in [2.24, 2.45) is 0 Å². The number of benzene rings is 1. The number of rotatable bonds is 8. The van der Waals surface area contributed by atoms with Crippen LogP contribution in [0.3, 0.4) is 0 Å². The molecule has 0 amide bonds. The van der Waals surface area contributed by atoms with Crippen molar-refractivity contribution in [3.8, 4) is 0 Å². The molecule has 0 atom stereocenters. The summed E-state index contributed by atoms with van der Waals surface area (Å²) in [5, 5.41) is 6.23. The number of nitrogens with one attached hydrogen (secondary N) is 2. The van der Waals surface area contributed by atoms with Crippen LogP contribution >= 0.6 is 11.6 Å². The van der Waals surface area contributed by atoms with Crippen molar-refractivity contribution in [3.05, 3.63) is 40.5 Å². The molecule has 0 bridgehead atoms. The van der Waals surface area contributed by atoms with Gasteiger partial charge in [-0.15, -0.1) is 0 Å². The van der Waals surface area contributed by atoms with Crippen LogP contribution in [0.15, 0.2) is 24.3 Å². The summed E-state index contributed by atoms with van der Waals surface area (Å²) in [6.07, 6.45) is -1.33. The Kier molecular flexibility index (Phi) is 6.30. The van der Waals surface area contributed by atoms with Crippen LogP contribution in [-0.4, -0.2) is 42.1 Å². The lowest BCUT2D eigenvalue weighted by Crippen LogP contribution is -2.17. The van der Waals surface area contributed by atoms with Crippen molar-refractivity contribution in [2.75, 3.05) is 37.8 Å². The fourth-order valence-corrected chi connectivity index (χ4v) is 2.95. The highest BCUT2D eigenvalue weighted by Crippen LogP contribution is 2.40. The summed E-state index contributed by atoms with van der Waals surface area (Å²) in [7, 11) is 4.03. The summed E-state index contributed by atoms with van der Waals surface area (Å²) in [5.74, 6) is 1.43. The third-order valence-electron chi connectivity index (χ3n) is 4.37. The van der Waals surface area contributed by atoms with E-state index in [0.717, 1.165) is 50.2 Å². The van der Waals surface area contributed by atoms with E-state index in [1.807, 2.05) is 20.2 Å². The van der Waals surface area contributed by atoms with E-state index in [4.69, 9.17) is 11.6 Å². The van der Waals surface area contributed by atoms with Crippen molar-refractivity contribution in [1.82, 2.24) is 14.9 Å². The lowest BCUT2D eigenvalue weighted by Gasteiger charge is -2.14. The summed E-state index contributed by atoms with van der Waals surface area (Å²) in [5.41, 5.74) is 0.511. The number of aromatic nitrogens is 2. The normalized spacial score (nSPS) is 14.4. The van der Waals surface area contributed by atoms with Gasteiger partial charge in [0.25, 0.3) is 0 Å². The Morgan fingerprint density at radius 3 is 2.54 bits per heavy atom. The van der Waals surface area contributed by atoms with Crippen LogP contribution in [0.1, 0.15) is 36.4 Å². The highest BCUT2D eigenvalue weighted by molar-refractivity contribution is 6.33. The molecule has 1 aliphatic rings. The Bertz CT molecular complexity index is 822. The van der Waals surface area contributed by atoms with Gasteiger partial charge in [0.2, 0.25) is 5.95 Å². The van der Waals surface area contributed by atoms with Gasteiger partial charge in [0.15, 0.2) is 0 Å². The van der Waals surface area contributed by atoms with Gasteiger partial charge in [0.1, 0.15) is 5.82 Å². The van der Waals surface area contributed by atoms with Gasteiger partial charge in [-0.3, -0.25) is 0 Å². The van der Waals surface area contributed by atoms with Crippen LogP contribution in [0, 0.1) is 0 Å². The summed E-state index contributed by atoms with van der Waals surface area (Å²) < 4.78 is 38.4. The zero-order valence-corrected chi connectivity index (χ0v) is 16.5. The Hall–Kier alpha value is -2.06. The first-order chi connectivity index (χ1) is 13.2. The Morgan fingerprint density at radius 2 is 1.93 bits per heavy atom. The lowest BCUT2D eigenvalue weighted by atomic mass is 10.2. The van der Waals surface area contributed by atoms with E-state index < -0.39 is 11.7 Å². The van der Waals surface area contributed by atoms with E-state index in [1.54, 1.807) is 0 Å². The van der Waals surface area contributed by atoms with Gasteiger partial charge in [0, 0.05) is 18.5 Å².